The van der Waals surface area contributed by atoms with Gasteiger partial charge in [0.05, 0.1) is 10.6 Å². The zero-order chi connectivity index (χ0) is 21.6. The quantitative estimate of drug-likeness (QED) is 0.487. The summed E-state index contributed by atoms with van der Waals surface area (Å²) >= 11 is 5.94. The maximum atomic E-state index is 12.4. The molecule has 0 fully saturated rings. The molecule has 0 bridgehead atoms. The van der Waals surface area contributed by atoms with Crippen molar-refractivity contribution < 1.29 is 8.42 Å². The summed E-state index contributed by atoms with van der Waals surface area (Å²) in [5, 5.41) is 3.76. The maximum Gasteiger partial charge on any atom is 0.240 e. The first-order chi connectivity index (χ1) is 14.3. The molecule has 0 spiro atoms. The number of hydrogen-bond donors (Lipinski definition) is 2. The third-order valence-corrected chi connectivity index (χ3v) is 6.02. The van der Waals surface area contributed by atoms with Gasteiger partial charge in [0, 0.05) is 29.0 Å². The second kappa shape index (κ2) is 9.99. The Morgan fingerprint density at radius 1 is 1.00 bits per heavy atom. The lowest BCUT2D eigenvalue weighted by atomic mass is 10.1. The van der Waals surface area contributed by atoms with Gasteiger partial charge in [-0.2, -0.15) is 0 Å². The van der Waals surface area contributed by atoms with E-state index in [2.05, 4.69) is 20.0 Å². The van der Waals surface area contributed by atoms with Gasteiger partial charge in [0.15, 0.2) is 0 Å². The number of hydrogen-bond acceptors (Lipinski definition) is 6. The van der Waals surface area contributed by atoms with Crippen molar-refractivity contribution >= 4 is 33.3 Å². The Hall–Kier alpha value is -2.52. The van der Waals surface area contributed by atoms with Crippen LogP contribution in [0.25, 0.3) is 11.3 Å². The van der Waals surface area contributed by atoms with E-state index in [1.54, 1.807) is 42.6 Å². The van der Waals surface area contributed by atoms with Crippen LogP contribution in [-0.4, -0.2) is 50.5 Å². The molecule has 0 saturated carbocycles. The Balaban J connectivity index is 1.66. The minimum atomic E-state index is -3.53. The number of nitrogens with zero attached hydrogens (tertiary/aromatic N) is 3. The van der Waals surface area contributed by atoms with Crippen molar-refractivity contribution in [3.63, 3.8) is 0 Å². The van der Waals surface area contributed by atoms with Crippen molar-refractivity contribution in [2.75, 3.05) is 32.5 Å². The molecule has 3 rings (SSSR count). The van der Waals surface area contributed by atoms with Crippen LogP contribution >= 0.6 is 11.6 Å². The molecule has 158 valence electrons. The smallest absolute Gasteiger partial charge is 0.240 e. The average Bonchev–Trinajstić information content (AvgIpc) is 2.72. The second-order valence-electron chi connectivity index (χ2n) is 6.98. The molecule has 0 atom stereocenters. The predicted octanol–water partition coefficient (Wildman–Crippen LogP) is 3.77. The van der Waals surface area contributed by atoms with Gasteiger partial charge in [0.2, 0.25) is 16.0 Å². The van der Waals surface area contributed by atoms with Crippen LogP contribution in [0.5, 0.6) is 0 Å². The van der Waals surface area contributed by atoms with E-state index < -0.39 is 10.0 Å². The van der Waals surface area contributed by atoms with E-state index >= 15 is 0 Å². The van der Waals surface area contributed by atoms with Gasteiger partial charge in [-0.3, -0.25) is 0 Å². The molecule has 0 saturated heterocycles. The molecule has 0 amide bonds. The van der Waals surface area contributed by atoms with Crippen LogP contribution in [0, 0.1) is 0 Å². The van der Waals surface area contributed by atoms with Crippen LogP contribution < -0.4 is 10.0 Å². The minimum Gasteiger partial charge on any atom is -0.324 e. The molecule has 2 N–H and O–H groups in total. The molecule has 0 unspecified atom stereocenters. The van der Waals surface area contributed by atoms with Gasteiger partial charge < -0.3 is 10.2 Å². The normalized spacial score (nSPS) is 11.6. The molecule has 1 aromatic heterocycles. The minimum absolute atomic E-state index is 0.216. The lowest BCUT2D eigenvalue weighted by molar-refractivity contribution is 0.400. The molecule has 7 nitrogen and oxygen atoms in total. The highest BCUT2D eigenvalue weighted by molar-refractivity contribution is 7.89. The fraction of sp³-hybridized carbons (Fsp3) is 0.238. The van der Waals surface area contributed by atoms with Crippen LogP contribution in [0.15, 0.2) is 65.7 Å². The van der Waals surface area contributed by atoms with Crippen molar-refractivity contribution in [3.05, 3.63) is 65.8 Å². The third kappa shape index (κ3) is 6.24. The third-order valence-electron chi connectivity index (χ3n) is 4.29. The van der Waals surface area contributed by atoms with E-state index in [4.69, 9.17) is 11.6 Å². The predicted molar refractivity (Wildman–Crippen MR) is 121 cm³/mol. The molecule has 3 aromatic rings. The van der Waals surface area contributed by atoms with E-state index in [-0.39, 0.29) is 4.90 Å². The van der Waals surface area contributed by atoms with E-state index in [1.807, 2.05) is 37.2 Å². The summed E-state index contributed by atoms with van der Waals surface area (Å²) in [6.45, 7) is 1.21. The average molecular weight is 446 g/mol. The monoisotopic (exact) mass is 445 g/mol. The Morgan fingerprint density at radius 2 is 1.70 bits per heavy atom. The van der Waals surface area contributed by atoms with Crippen LogP contribution in [0.4, 0.5) is 11.6 Å². The van der Waals surface area contributed by atoms with Gasteiger partial charge in [-0.1, -0.05) is 23.7 Å². The van der Waals surface area contributed by atoms with Gasteiger partial charge in [-0.25, -0.2) is 23.1 Å². The first kappa shape index (κ1) is 22.2. The number of rotatable bonds is 9. The van der Waals surface area contributed by atoms with Gasteiger partial charge in [-0.15, -0.1) is 0 Å². The summed E-state index contributed by atoms with van der Waals surface area (Å²) < 4.78 is 27.4. The number of halogens is 1. The standard InChI is InChI=1S/C21H24ClN5O2S/c1-27(2)15-3-13-24-30(28,29)19-10-8-18(9-11-19)25-21-23-14-12-20(26-21)16-4-6-17(22)7-5-16/h4-12,14,24H,3,13,15H2,1-2H3,(H,23,25,26). The Kier molecular flexibility index (Phi) is 7.38. The number of sulfonamides is 1. The molecule has 0 aliphatic rings. The van der Waals surface area contributed by atoms with Crippen molar-refractivity contribution in [2.45, 2.75) is 11.3 Å². The molecule has 9 heteroatoms. The van der Waals surface area contributed by atoms with Crippen molar-refractivity contribution in [2.24, 2.45) is 0 Å². The summed E-state index contributed by atoms with van der Waals surface area (Å²) in [5.74, 6) is 0.417. The molecule has 0 radical (unpaired) electrons. The fourth-order valence-electron chi connectivity index (χ4n) is 2.73. The second-order valence-corrected chi connectivity index (χ2v) is 9.18. The highest BCUT2D eigenvalue weighted by Crippen LogP contribution is 2.22. The fourth-order valence-corrected chi connectivity index (χ4v) is 3.93. The summed E-state index contributed by atoms with van der Waals surface area (Å²) in [6, 6.07) is 15.7. The van der Waals surface area contributed by atoms with E-state index in [0.717, 1.165) is 24.2 Å². The van der Waals surface area contributed by atoms with Crippen molar-refractivity contribution in [1.29, 1.82) is 0 Å². The molecule has 0 aliphatic heterocycles. The largest absolute Gasteiger partial charge is 0.324 e. The van der Waals surface area contributed by atoms with Crippen LogP contribution in [0.2, 0.25) is 5.02 Å². The van der Waals surface area contributed by atoms with Crippen molar-refractivity contribution in [3.8, 4) is 11.3 Å². The van der Waals surface area contributed by atoms with Crippen molar-refractivity contribution in [1.82, 2.24) is 19.6 Å². The summed E-state index contributed by atoms with van der Waals surface area (Å²) in [5.41, 5.74) is 2.37. The lowest BCUT2D eigenvalue weighted by Gasteiger charge is -2.11. The first-order valence-electron chi connectivity index (χ1n) is 9.44. The Labute approximate surface area is 182 Å². The molecule has 2 aromatic carbocycles. The van der Waals surface area contributed by atoms with Gasteiger partial charge >= 0.3 is 0 Å². The lowest BCUT2D eigenvalue weighted by Crippen LogP contribution is -2.27. The van der Waals surface area contributed by atoms with E-state index in [0.29, 0.717) is 23.2 Å². The summed E-state index contributed by atoms with van der Waals surface area (Å²) in [4.78, 5) is 11.0. The van der Waals surface area contributed by atoms with Crippen LogP contribution in [-0.2, 0) is 10.0 Å². The molecule has 30 heavy (non-hydrogen) atoms. The zero-order valence-electron chi connectivity index (χ0n) is 16.8. The zero-order valence-corrected chi connectivity index (χ0v) is 18.4. The molecule has 0 aliphatic carbocycles. The van der Waals surface area contributed by atoms with Gasteiger partial charge in [-0.05, 0) is 69.5 Å². The number of aromatic nitrogens is 2. The maximum absolute atomic E-state index is 12.4. The molecular formula is C21H24ClN5O2S. The van der Waals surface area contributed by atoms with Crippen LogP contribution in [0.1, 0.15) is 6.42 Å². The first-order valence-corrected chi connectivity index (χ1v) is 11.3. The molecule has 1 heterocycles. The SMILES string of the molecule is CN(C)CCCNS(=O)(=O)c1ccc(Nc2nccc(-c3ccc(Cl)cc3)n2)cc1. The van der Waals surface area contributed by atoms with E-state index in [1.165, 1.54) is 0 Å². The molecular weight excluding hydrogens is 422 g/mol. The topological polar surface area (TPSA) is 87.2 Å². The Bertz CT molecular complexity index is 1070. The van der Waals surface area contributed by atoms with E-state index in [9.17, 15) is 8.42 Å². The number of anilines is 2. The van der Waals surface area contributed by atoms with Gasteiger partial charge in [0.1, 0.15) is 0 Å². The summed E-state index contributed by atoms with van der Waals surface area (Å²) in [6.07, 6.45) is 2.41. The van der Waals surface area contributed by atoms with Crippen LogP contribution in [0.3, 0.4) is 0 Å². The highest BCUT2D eigenvalue weighted by Gasteiger charge is 2.13. The van der Waals surface area contributed by atoms with Gasteiger partial charge in [0.25, 0.3) is 0 Å². The summed E-state index contributed by atoms with van der Waals surface area (Å²) in [7, 11) is 0.374. The number of benzene rings is 2. The highest BCUT2D eigenvalue weighted by atomic mass is 35.5. The number of nitrogens with one attached hydrogen (secondary N) is 2. The Morgan fingerprint density at radius 3 is 2.37 bits per heavy atom.